The molecule has 3 aromatic rings. The summed E-state index contributed by atoms with van der Waals surface area (Å²) in [4.78, 5) is 15.1. The topological polar surface area (TPSA) is 74.9 Å². The van der Waals surface area contributed by atoms with Crippen molar-refractivity contribution in [2.24, 2.45) is 0 Å². The molecule has 2 heterocycles. The number of piperidine rings is 1. The predicted molar refractivity (Wildman–Crippen MR) is 118 cm³/mol. The third-order valence-electron chi connectivity index (χ3n) is 6.11. The first-order valence-electron chi connectivity index (χ1n) is 10.5. The van der Waals surface area contributed by atoms with Gasteiger partial charge < -0.3 is 24.5 Å². The molecule has 31 heavy (non-hydrogen) atoms. The minimum atomic E-state index is -0.841. The van der Waals surface area contributed by atoms with Crippen LogP contribution in [0.25, 0.3) is 0 Å². The number of rotatable bonds is 7. The Morgan fingerprint density at radius 3 is 2.61 bits per heavy atom. The summed E-state index contributed by atoms with van der Waals surface area (Å²) in [6.07, 6.45) is 3.66. The Morgan fingerprint density at radius 1 is 1.19 bits per heavy atom. The number of methoxy groups -OCH3 is 1. The molecule has 6 nitrogen and oxygen atoms in total. The Bertz CT molecular complexity index is 973. The summed E-state index contributed by atoms with van der Waals surface area (Å²) in [5.41, 5.74) is 1.74. The van der Waals surface area contributed by atoms with Crippen molar-refractivity contribution in [3.8, 4) is 5.75 Å². The highest BCUT2D eigenvalue weighted by Crippen LogP contribution is 2.34. The second kappa shape index (κ2) is 9.37. The summed E-state index contributed by atoms with van der Waals surface area (Å²) in [5.74, 6) is 0.599. The minimum Gasteiger partial charge on any atom is -0.497 e. The van der Waals surface area contributed by atoms with Gasteiger partial charge in [0.2, 0.25) is 0 Å². The summed E-state index contributed by atoms with van der Waals surface area (Å²) in [7, 11) is 1.66. The maximum Gasteiger partial charge on any atom is 0.255 e. The van der Waals surface area contributed by atoms with E-state index < -0.39 is 11.6 Å². The SMILES string of the molecule is COc1ccc(CCN2CC[C@@](NC(=O)c3ccoc3)(c3ccccc3)[C@H](O)C2)cc1. The number of furan rings is 1. The summed E-state index contributed by atoms with van der Waals surface area (Å²) < 4.78 is 10.3. The quantitative estimate of drug-likeness (QED) is 0.614. The fourth-order valence-corrected chi connectivity index (χ4v) is 4.23. The molecule has 1 amide bonds. The number of amides is 1. The van der Waals surface area contributed by atoms with E-state index in [1.165, 1.54) is 18.1 Å². The lowest BCUT2D eigenvalue weighted by atomic mass is 9.78. The van der Waals surface area contributed by atoms with Crippen molar-refractivity contribution < 1.29 is 19.1 Å². The number of nitrogens with zero attached hydrogens (tertiary/aromatic N) is 1. The van der Waals surface area contributed by atoms with E-state index in [1.54, 1.807) is 13.2 Å². The molecule has 1 aliphatic heterocycles. The van der Waals surface area contributed by atoms with Gasteiger partial charge in [-0.15, -0.1) is 0 Å². The molecule has 1 saturated heterocycles. The van der Waals surface area contributed by atoms with E-state index in [1.807, 2.05) is 42.5 Å². The van der Waals surface area contributed by atoms with Gasteiger partial charge in [0, 0.05) is 19.6 Å². The maximum absolute atomic E-state index is 12.8. The van der Waals surface area contributed by atoms with Crippen molar-refractivity contribution in [2.45, 2.75) is 24.5 Å². The molecule has 2 atom stereocenters. The number of ether oxygens (including phenoxy) is 1. The van der Waals surface area contributed by atoms with Gasteiger partial charge in [0.25, 0.3) is 5.91 Å². The molecular weight excluding hydrogens is 392 g/mol. The van der Waals surface area contributed by atoms with Crippen LogP contribution in [-0.4, -0.2) is 48.8 Å². The van der Waals surface area contributed by atoms with Crippen LogP contribution in [0.3, 0.4) is 0 Å². The van der Waals surface area contributed by atoms with Gasteiger partial charge in [0.15, 0.2) is 0 Å². The Labute approximate surface area is 182 Å². The fraction of sp³-hybridized carbons (Fsp3) is 0.320. The number of aliphatic hydroxyl groups excluding tert-OH is 1. The van der Waals surface area contributed by atoms with E-state index >= 15 is 0 Å². The van der Waals surface area contributed by atoms with Gasteiger partial charge in [-0.3, -0.25) is 4.79 Å². The van der Waals surface area contributed by atoms with Gasteiger partial charge in [-0.2, -0.15) is 0 Å². The molecule has 6 heteroatoms. The molecule has 0 saturated carbocycles. The molecule has 2 N–H and O–H groups in total. The monoisotopic (exact) mass is 420 g/mol. The molecule has 0 aliphatic carbocycles. The molecule has 0 radical (unpaired) electrons. The molecule has 1 aromatic heterocycles. The largest absolute Gasteiger partial charge is 0.497 e. The minimum absolute atomic E-state index is 0.247. The number of hydrogen-bond donors (Lipinski definition) is 2. The number of β-amino-alcohol motifs (C(OH)–C–C–N with tert-alkyl or cyclic N) is 1. The molecule has 0 unspecified atom stereocenters. The van der Waals surface area contributed by atoms with E-state index in [4.69, 9.17) is 9.15 Å². The number of nitrogens with one attached hydrogen (secondary N) is 1. The first-order valence-corrected chi connectivity index (χ1v) is 10.5. The molecular formula is C25H28N2O4. The van der Waals surface area contributed by atoms with Crippen LogP contribution in [0.15, 0.2) is 77.6 Å². The first kappa shape index (κ1) is 21.2. The van der Waals surface area contributed by atoms with Crippen LogP contribution in [0.1, 0.15) is 27.9 Å². The van der Waals surface area contributed by atoms with Crippen LogP contribution in [0.4, 0.5) is 0 Å². The van der Waals surface area contributed by atoms with Gasteiger partial charge in [-0.25, -0.2) is 0 Å². The Morgan fingerprint density at radius 2 is 1.97 bits per heavy atom. The zero-order valence-corrected chi connectivity index (χ0v) is 17.7. The van der Waals surface area contributed by atoms with E-state index in [0.717, 1.165) is 30.8 Å². The first-order chi connectivity index (χ1) is 15.1. The molecule has 1 aliphatic rings. The Hall–Kier alpha value is -3.09. The second-order valence-corrected chi connectivity index (χ2v) is 7.97. The van der Waals surface area contributed by atoms with Gasteiger partial charge >= 0.3 is 0 Å². The number of likely N-dealkylation sites (tertiary alicyclic amines) is 1. The number of benzene rings is 2. The normalized spacial score (nSPS) is 21.5. The second-order valence-electron chi connectivity index (χ2n) is 7.97. The van der Waals surface area contributed by atoms with Crippen molar-refractivity contribution in [1.82, 2.24) is 10.2 Å². The van der Waals surface area contributed by atoms with E-state index in [0.29, 0.717) is 18.5 Å². The molecule has 0 spiro atoms. The van der Waals surface area contributed by atoms with Crippen LogP contribution in [0.2, 0.25) is 0 Å². The van der Waals surface area contributed by atoms with Crippen LogP contribution in [-0.2, 0) is 12.0 Å². The number of hydrogen-bond acceptors (Lipinski definition) is 5. The zero-order valence-electron chi connectivity index (χ0n) is 17.7. The third-order valence-corrected chi connectivity index (χ3v) is 6.11. The molecule has 4 rings (SSSR count). The highest BCUT2D eigenvalue weighted by atomic mass is 16.5. The van der Waals surface area contributed by atoms with Gasteiger partial charge in [0.1, 0.15) is 12.0 Å². The summed E-state index contributed by atoms with van der Waals surface area (Å²) in [6, 6.07) is 19.4. The van der Waals surface area contributed by atoms with Crippen LogP contribution >= 0.6 is 0 Å². The highest BCUT2D eigenvalue weighted by molar-refractivity contribution is 5.94. The predicted octanol–water partition coefficient (Wildman–Crippen LogP) is 3.22. The Kier molecular flexibility index (Phi) is 6.39. The average molecular weight is 421 g/mol. The lowest BCUT2D eigenvalue weighted by Gasteiger charge is -2.46. The standard InChI is InChI=1S/C25H28N2O4/c1-30-22-9-7-19(8-10-22)11-14-27-15-13-25(23(28)17-27,21-5-3-2-4-6-21)26-24(29)20-12-16-31-18-20/h2-10,12,16,18,23,28H,11,13-15,17H2,1H3,(H,26,29)/t23-,25-/m1/s1. The lowest BCUT2D eigenvalue weighted by molar-refractivity contribution is -0.0151. The summed E-state index contributed by atoms with van der Waals surface area (Å²) in [6.45, 7) is 2.09. The average Bonchev–Trinajstić information content (AvgIpc) is 3.35. The van der Waals surface area contributed by atoms with Crippen molar-refractivity contribution in [1.29, 1.82) is 0 Å². The number of aliphatic hydroxyl groups is 1. The van der Waals surface area contributed by atoms with Crippen molar-refractivity contribution in [3.05, 3.63) is 89.9 Å². The van der Waals surface area contributed by atoms with E-state index in [9.17, 15) is 9.90 Å². The smallest absolute Gasteiger partial charge is 0.255 e. The number of carbonyl (C=O) groups excluding carboxylic acids is 1. The van der Waals surface area contributed by atoms with Gasteiger partial charge in [-0.1, -0.05) is 42.5 Å². The van der Waals surface area contributed by atoms with Crippen molar-refractivity contribution >= 4 is 5.91 Å². The fourth-order valence-electron chi connectivity index (χ4n) is 4.23. The van der Waals surface area contributed by atoms with Crippen LogP contribution in [0, 0.1) is 0 Å². The lowest BCUT2D eigenvalue weighted by Crippen LogP contribution is -2.62. The van der Waals surface area contributed by atoms with Crippen LogP contribution < -0.4 is 10.1 Å². The van der Waals surface area contributed by atoms with Crippen molar-refractivity contribution in [3.63, 3.8) is 0 Å². The maximum atomic E-state index is 12.8. The zero-order chi connectivity index (χ0) is 21.7. The van der Waals surface area contributed by atoms with Gasteiger partial charge in [0.05, 0.1) is 30.6 Å². The van der Waals surface area contributed by atoms with E-state index in [-0.39, 0.29) is 5.91 Å². The highest BCUT2D eigenvalue weighted by Gasteiger charge is 2.45. The molecule has 0 bridgehead atoms. The molecule has 1 fully saturated rings. The van der Waals surface area contributed by atoms with Crippen molar-refractivity contribution in [2.75, 3.05) is 26.7 Å². The van der Waals surface area contributed by atoms with E-state index in [2.05, 4.69) is 22.3 Å². The van der Waals surface area contributed by atoms with Gasteiger partial charge in [-0.05, 0) is 42.2 Å². The van der Waals surface area contributed by atoms with Crippen LogP contribution in [0.5, 0.6) is 5.75 Å². The Balaban J connectivity index is 1.47. The summed E-state index contributed by atoms with van der Waals surface area (Å²) in [5, 5.41) is 14.4. The number of carbonyl (C=O) groups is 1. The molecule has 162 valence electrons. The third kappa shape index (κ3) is 4.65. The molecule has 2 aromatic carbocycles. The summed E-state index contributed by atoms with van der Waals surface area (Å²) >= 11 is 0.